The van der Waals surface area contributed by atoms with E-state index in [1.54, 1.807) is 6.07 Å². The summed E-state index contributed by atoms with van der Waals surface area (Å²) in [6.45, 7) is 1.42. The van der Waals surface area contributed by atoms with Crippen molar-refractivity contribution in [3.63, 3.8) is 0 Å². The molecule has 2 aromatic rings. The summed E-state index contributed by atoms with van der Waals surface area (Å²) < 4.78 is 46.4. The van der Waals surface area contributed by atoms with Gasteiger partial charge < -0.3 is 9.84 Å². The summed E-state index contributed by atoms with van der Waals surface area (Å²) in [5.41, 5.74) is -3.55. The number of phenols is 1. The van der Waals surface area contributed by atoms with Gasteiger partial charge in [0.2, 0.25) is 0 Å². The Hall–Kier alpha value is -2.83. The predicted molar refractivity (Wildman–Crippen MR) is 85.1 cm³/mol. The quantitative estimate of drug-likeness (QED) is 0.856. The van der Waals surface area contributed by atoms with Crippen LogP contribution in [0.15, 0.2) is 53.5 Å². The Balaban J connectivity index is 2.40. The van der Waals surface area contributed by atoms with Gasteiger partial charge in [0.05, 0.1) is 12.3 Å². The van der Waals surface area contributed by atoms with Gasteiger partial charge in [-0.15, -0.1) is 0 Å². The lowest BCUT2D eigenvalue weighted by molar-refractivity contribution is -0.147. The highest BCUT2D eigenvalue weighted by molar-refractivity contribution is 6.21. The number of halogens is 3. The number of rotatable bonds is 3. The SMILES string of the molecule is CCOC(=O)C1(c2ccccc2)C(C(F)(F)F)=Nc2ccc(O)cc21. The van der Waals surface area contributed by atoms with Gasteiger partial charge in [-0.1, -0.05) is 30.3 Å². The average molecular weight is 349 g/mol. The van der Waals surface area contributed by atoms with Crippen molar-refractivity contribution in [3.8, 4) is 5.75 Å². The second-order valence-corrected chi connectivity index (χ2v) is 5.50. The Morgan fingerprint density at radius 2 is 1.88 bits per heavy atom. The molecular weight excluding hydrogens is 335 g/mol. The molecule has 3 rings (SSSR count). The van der Waals surface area contributed by atoms with Crippen LogP contribution in [0, 0.1) is 0 Å². The maximum absolute atomic E-state index is 13.8. The van der Waals surface area contributed by atoms with E-state index in [4.69, 9.17) is 4.74 Å². The topological polar surface area (TPSA) is 58.9 Å². The van der Waals surface area contributed by atoms with Gasteiger partial charge in [0, 0.05) is 5.56 Å². The van der Waals surface area contributed by atoms with Crippen molar-refractivity contribution in [2.75, 3.05) is 6.61 Å². The number of carbonyl (C=O) groups is 1. The van der Waals surface area contributed by atoms with Crippen LogP contribution in [0.25, 0.3) is 0 Å². The lowest BCUT2D eigenvalue weighted by Crippen LogP contribution is -2.50. The van der Waals surface area contributed by atoms with Crippen LogP contribution >= 0.6 is 0 Å². The highest BCUT2D eigenvalue weighted by atomic mass is 19.4. The Morgan fingerprint density at radius 1 is 1.20 bits per heavy atom. The lowest BCUT2D eigenvalue weighted by Gasteiger charge is -2.31. The van der Waals surface area contributed by atoms with Gasteiger partial charge in [0.1, 0.15) is 11.5 Å². The molecule has 7 heteroatoms. The molecule has 0 radical (unpaired) electrons. The molecule has 0 spiro atoms. The van der Waals surface area contributed by atoms with Crippen molar-refractivity contribution >= 4 is 17.4 Å². The van der Waals surface area contributed by atoms with Crippen molar-refractivity contribution in [2.45, 2.75) is 18.5 Å². The number of hydrogen-bond acceptors (Lipinski definition) is 4. The summed E-state index contributed by atoms with van der Waals surface area (Å²) in [7, 11) is 0. The van der Waals surface area contributed by atoms with E-state index in [2.05, 4.69) is 4.99 Å². The first-order chi connectivity index (χ1) is 11.8. The summed E-state index contributed by atoms with van der Waals surface area (Å²) in [5.74, 6) is -1.34. The third-order valence-corrected chi connectivity index (χ3v) is 4.03. The van der Waals surface area contributed by atoms with Crippen molar-refractivity contribution in [2.24, 2.45) is 4.99 Å². The highest BCUT2D eigenvalue weighted by Crippen LogP contribution is 2.50. The minimum atomic E-state index is -4.86. The number of aliphatic imine (C=N–C) groups is 1. The van der Waals surface area contributed by atoms with Crippen LogP contribution < -0.4 is 0 Å². The van der Waals surface area contributed by atoms with Gasteiger partial charge in [0.15, 0.2) is 5.41 Å². The molecule has 130 valence electrons. The molecule has 4 nitrogen and oxygen atoms in total. The summed E-state index contributed by atoms with van der Waals surface area (Å²) >= 11 is 0. The smallest absolute Gasteiger partial charge is 0.431 e. The monoisotopic (exact) mass is 349 g/mol. The lowest BCUT2D eigenvalue weighted by atomic mass is 9.71. The van der Waals surface area contributed by atoms with E-state index in [1.807, 2.05) is 0 Å². The zero-order chi connectivity index (χ0) is 18.2. The third kappa shape index (κ3) is 2.56. The number of alkyl halides is 3. The van der Waals surface area contributed by atoms with Crippen LogP contribution in [0.1, 0.15) is 18.1 Å². The molecule has 1 N–H and O–H groups in total. The Labute approximate surface area is 141 Å². The molecule has 2 aromatic carbocycles. The molecule has 1 aliphatic rings. The fourth-order valence-electron chi connectivity index (χ4n) is 3.07. The van der Waals surface area contributed by atoms with E-state index in [0.29, 0.717) is 0 Å². The van der Waals surface area contributed by atoms with Gasteiger partial charge in [-0.05, 0) is 30.7 Å². The normalized spacial score (nSPS) is 19.3. The van der Waals surface area contributed by atoms with Crippen LogP contribution in [-0.2, 0) is 14.9 Å². The van der Waals surface area contributed by atoms with Crippen LogP contribution in [0.5, 0.6) is 5.75 Å². The molecular formula is C18H14F3NO3. The van der Waals surface area contributed by atoms with Crippen LogP contribution in [0.4, 0.5) is 18.9 Å². The first-order valence-corrected chi connectivity index (χ1v) is 7.54. The largest absolute Gasteiger partial charge is 0.508 e. The molecule has 0 saturated carbocycles. The summed E-state index contributed by atoms with van der Waals surface area (Å²) in [4.78, 5) is 16.5. The third-order valence-electron chi connectivity index (χ3n) is 4.03. The standard InChI is InChI=1S/C18H14F3NO3/c1-2-25-16(24)17(11-6-4-3-5-7-11)13-10-12(23)8-9-14(13)22-15(17)18(19,20)21/h3-10,23H,2H2,1H3. The first-order valence-electron chi connectivity index (χ1n) is 7.54. The van der Waals surface area contributed by atoms with E-state index in [9.17, 15) is 23.1 Å². The van der Waals surface area contributed by atoms with Crippen molar-refractivity contribution < 1.29 is 27.8 Å². The predicted octanol–water partition coefficient (Wildman–Crippen LogP) is 3.89. The zero-order valence-electron chi connectivity index (χ0n) is 13.2. The second-order valence-electron chi connectivity index (χ2n) is 5.50. The van der Waals surface area contributed by atoms with Gasteiger partial charge in [0.25, 0.3) is 0 Å². The second kappa shape index (κ2) is 5.91. The zero-order valence-corrected chi connectivity index (χ0v) is 13.2. The van der Waals surface area contributed by atoms with E-state index in [0.717, 1.165) is 6.07 Å². The molecule has 0 saturated heterocycles. The molecule has 1 unspecified atom stereocenters. The van der Waals surface area contributed by atoms with Crippen LogP contribution in [0.2, 0.25) is 0 Å². The van der Waals surface area contributed by atoms with Gasteiger partial charge in [-0.3, -0.25) is 4.79 Å². The molecule has 0 aliphatic carbocycles. The van der Waals surface area contributed by atoms with Gasteiger partial charge in [-0.2, -0.15) is 13.2 Å². The Morgan fingerprint density at radius 3 is 2.48 bits per heavy atom. The number of ether oxygens (including phenoxy) is 1. The molecule has 0 amide bonds. The maximum Gasteiger partial charge on any atom is 0.431 e. The van der Waals surface area contributed by atoms with E-state index >= 15 is 0 Å². The molecule has 0 aromatic heterocycles. The Kier molecular flexibility index (Phi) is 4.02. The highest BCUT2D eigenvalue weighted by Gasteiger charge is 2.61. The van der Waals surface area contributed by atoms with Crippen LogP contribution in [-0.4, -0.2) is 29.6 Å². The number of aromatic hydroxyl groups is 1. The molecule has 1 heterocycles. The van der Waals surface area contributed by atoms with Crippen molar-refractivity contribution in [1.29, 1.82) is 0 Å². The van der Waals surface area contributed by atoms with E-state index in [-0.39, 0.29) is 29.2 Å². The number of fused-ring (bicyclic) bond motifs is 1. The number of hydrogen-bond donors (Lipinski definition) is 1. The number of phenolic OH excluding ortho intramolecular Hbond substituents is 1. The van der Waals surface area contributed by atoms with Gasteiger partial charge >= 0.3 is 12.1 Å². The molecule has 0 bridgehead atoms. The number of esters is 1. The summed E-state index contributed by atoms with van der Waals surface area (Å²) in [6, 6.07) is 11.1. The van der Waals surface area contributed by atoms with Crippen molar-refractivity contribution in [1.82, 2.24) is 0 Å². The Bertz CT molecular complexity index is 846. The fourth-order valence-corrected chi connectivity index (χ4v) is 3.07. The fraction of sp³-hybridized carbons (Fsp3) is 0.222. The van der Waals surface area contributed by atoms with E-state index in [1.165, 1.54) is 43.3 Å². The van der Waals surface area contributed by atoms with E-state index < -0.39 is 23.3 Å². The van der Waals surface area contributed by atoms with Crippen molar-refractivity contribution in [3.05, 3.63) is 59.7 Å². The summed E-state index contributed by atoms with van der Waals surface area (Å²) in [5, 5.41) is 9.79. The number of benzene rings is 2. The maximum atomic E-state index is 13.8. The number of nitrogens with zero attached hydrogens (tertiary/aromatic N) is 1. The average Bonchev–Trinajstić information content (AvgIpc) is 2.91. The molecule has 1 aliphatic heterocycles. The van der Waals surface area contributed by atoms with Crippen LogP contribution in [0.3, 0.4) is 0 Å². The molecule has 25 heavy (non-hydrogen) atoms. The summed E-state index contributed by atoms with van der Waals surface area (Å²) in [6.07, 6.45) is -4.86. The minimum absolute atomic E-state index is 0.0259. The minimum Gasteiger partial charge on any atom is -0.508 e. The molecule has 1 atom stereocenters. The number of carbonyl (C=O) groups excluding carboxylic acids is 1. The van der Waals surface area contributed by atoms with Gasteiger partial charge in [-0.25, -0.2) is 4.99 Å². The first kappa shape index (κ1) is 17.0. The molecule has 0 fully saturated rings.